The number of aliphatic imine (C=N–C) groups is 1. The van der Waals surface area contributed by atoms with Gasteiger partial charge in [-0.2, -0.15) is 0 Å². The van der Waals surface area contributed by atoms with Gasteiger partial charge in [-0.3, -0.25) is 4.99 Å². The number of rotatable bonds is 4. The van der Waals surface area contributed by atoms with E-state index in [0.29, 0.717) is 11.8 Å². The molecular formula is C26H27NO. The lowest BCUT2D eigenvalue weighted by atomic mass is 9.87. The van der Waals surface area contributed by atoms with Crippen LogP contribution >= 0.6 is 0 Å². The molecule has 1 aliphatic rings. The molecule has 0 atom stereocenters. The van der Waals surface area contributed by atoms with E-state index in [4.69, 9.17) is 4.99 Å². The second-order valence-electron chi connectivity index (χ2n) is 7.85. The van der Waals surface area contributed by atoms with Crippen LogP contribution in [0.2, 0.25) is 0 Å². The van der Waals surface area contributed by atoms with Gasteiger partial charge in [-0.05, 0) is 54.4 Å². The molecule has 0 unspecified atom stereocenters. The summed E-state index contributed by atoms with van der Waals surface area (Å²) >= 11 is 0. The maximum Gasteiger partial charge on any atom is 0.132 e. The number of phenolic OH excluding ortho intramolecular Hbond substituents is 1. The monoisotopic (exact) mass is 369 g/mol. The summed E-state index contributed by atoms with van der Waals surface area (Å²) in [5, 5.41) is 11.2. The van der Waals surface area contributed by atoms with Gasteiger partial charge in [0.05, 0.1) is 0 Å². The van der Waals surface area contributed by atoms with E-state index in [9.17, 15) is 5.11 Å². The van der Waals surface area contributed by atoms with E-state index in [2.05, 4.69) is 25.1 Å². The number of aromatic hydroxyl groups is 1. The van der Waals surface area contributed by atoms with Crippen LogP contribution in [0.1, 0.15) is 38.2 Å². The van der Waals surface area contributed by atoms with Crippen molar-refractivity contribution < 1.29 is 5.11 Å². The molecule has 1 fully saturated rings. The lowest BCUT2D eigenvalue weighted by molar-refractivity contribution is 0.350. The predicted octanol–water partition coefficient (Wildman–Crippen LogP) is 6.72. The van der Waals surface area contributed by atoms with Gasteiger partial charge in [0.25, 0.3) is 0 Å². The van der Waals surface area contributed by atoms with Gasteiger partial charge in [-0.1, -0.05) is 73.7 Å². The summed E-state index contributed by atoms with van der Waals surface area (Å²) in [7, 11) is 0. The molecule has 1 aliphatic carbocycles. The lowest BCUT2D eigenvalue weighted by Gasteiger charge is -2.23. The van der Waals surface area contributed by atoms with Gasteiger partial charge >= 0.3 is 0 Å². The molecule has 0 saturated heterocycles. The highest BCUT2D eigenvalue weighted by Crippen LogP contribution is 2.37. The quantitative estimate of drug-likeness (QED) is 0.508. The molecule has 0 aliphatic heterocycles. The molecule has 4 rings (SSSR count). The molecule has 0 heterocycles. The second-order valence-corrected chi connectivity index (χ2v) is 7.85. The first-order valence-electron chi connectivity index (χ1n) is 10.2. The third-order valence-electron chi connectivity index (χ3n) is 5.79. The average Bonchev–Trinajstić information content (AvgIpc) is 2.75. The van der Waals surface area contributed by atoms with Gasteiger partial charge in [0.1, 0.15) is 5.75 Å². The molecule has 0 spiro atoms. The van der Waals surface area contributed by atoms with Gasteiger partial charge in [0, 0.05) is 23.4 Å². The molecule has 1 N–H and O–H groups in total. The summed E-state index contributed by atoms with van der Waals surface area (Å²) in [6, 6.07) is 24.7. The third kappa shape index (κ3) is 4.01. The standard InChI is InChI=1S/C26H27NO/c1-19-12-14-22(15-13-19)27-18-25-23(20-8-4-2-5-9-20)16-17-24(26(25)28)21-10-6-3-7-11-21/h2-11,16-19,22,28H,12-15H2,1H3. The summed E-state index contributed by atoms with van der Waals surface area (Å²) in [5.41, 5.74) is 4.78. The minimum absolute atomic E-state index is 0.306. The highest BCUT2D eigenvalue weighted by Gasteiger charge is 2.18. The maximum absolute atomic E-state index is 11.2. The van der Waals surface area contributed by atoms with E-state index in [1.165, 1.54) is 12.8 Å². The molecule has 3 aromatic rings. The van der Waals surface area contributed by atoms with Crippen molar-refractivity contribution in [2.24, 2.45) is 10.9 Å². The molecule has 2 nitrogen and oxygen atoms in total. The molecular weight excluding hydrogens is 342 g/mol. The Balaban J connectivity index is 1.76. The normalized spacial score (nSPS) is 19.8. The smallest absolute Gasteiger partial charge is 0.132 e. The fraction of sp³-hybridized carbons (Fsp3) is 0.269. The number of benzene rings is 3. The molecule has 28 heavy (non-hydrogen) atoms. The Bertz CT molecular complexity index is 939. The highest BCUT2D eigenvalue weighted by molar-refractivity contribution is 5.97. The van der Waals surface area contributed by atoms with Gasteiger partial charge in [-0.25, -0.2) is 0 Å². The van der Waals surface area contributed by atoms with E-state index in [0.717, 1.165) is 46.6 Å². The summed E-state index contributed by atoms with van der Waals surface area (Å²) < 4.78 is 0. The Kier molecular flexibility index (Phi) is 5.57. The number of nitrogens with zero attached hydrogens (tertiary/aromatic N) is 1. The molecule has 2 heteroatoms. The van der Waals surface area contributed by atoms with Crippen LogP contribution in [-0.2, 0) is 0 Å². The molecule has 0 aromatic heterocycles. The zero-order valence-electron chi connectivity index (χ0n) is 16.4. The van der Waals surface area contributed by atoms with Gasteiger partial charge in [-0.15, -0.1) is 0 Å². The fourth-order valence-electron chi connectivity index (χ4n) is 4.03. The van der Waals surface area contributed by atoms with Crippen molar-refractivity contribution in [1.82, 2.24) is 0 Å². The Morgan fingerprint density at radius 2 is 1.29 bits per heavy atom. The largest absolute Gasteiger partial charge is 0.507 e. The van der Waals surface area contributed by atoms with Crippen molar-refractivity contribution in [1.29, 1.82) is 0 Å². The van der Waals surface area contributed by atoms with E-state index in [1.807, 2.05) is 60.8 Å². The zero-order chi connectivity index (χ0) is 19.3. The third-order valence-corrected chi connectivity index (χ3v) is 5.79. The van der Waals surface area contributed by atoms with E-state index < -0.39 is 0 Å². The first-order chi connectivity index (χ1) is 13.7. The molecule has 3 aromatic carbocycles. The van der Waals surface area contributed by atoms with Gasteiger partial charge in [0.15, 0.2) is 0 Å². The lowest BCUT2D eigenvalue weighted by Crippen LogP contribution is -2.15. The summed E-state index contributed by atoms with van der Waals surface area (Å²) in [4.78, 5) is 4.88. The number of phenols is 1. The van der Waals surface area contributed by atoms with Crippen LogP contribution in [0.3, 0.4) is 0 Å². The topological polar surface area (TPSA) is 32.6 Å². The van der Waals surface area contributed by atoms with Crippen molar-refractivity contribution >= 4 is 6.21 Å². The minimum atomic E-state index is 0.306. The van der Waals surface area contributed by atoms with Crippen LogP contribution in [-0.4, -0.2) is 17.4 Å². The number of hydrogen-bond donors (Lipinski definition) is 1. The first-order valence-corrected chi connectivity index (χ1v) is 10.2. The summed E-state index contributed by atoms with van der Waals surface area (Å²) in [6.07, 6.45) is 6.66. The minimum Gasteiger partial charge on any atom is -0.507 e. The Morgan fingerprint density at radius 3 is 1.89 bits per heavy atom. The molecule has 0 bridgehead atoms. The molecule has 1 saturated carbocycles. The van der Waals surface area contributed by atoms with Crippen LogP contribution in [0.4, 0.5) is 0 Å². The van der Waals surface area contributed by atoms with Gasteiger partial charge in [0.2, 0.25) is 0 Å². The first kappa shape index (κ1) is 18.5. The SMILES string of the molecule is CC1CCC(N=Cc2c(-c3ccccc3)ccc(-c3ccccc3)c2O)CC1. The van der Waals surface area contributed by atoms with Crippen LogP contribution in [0.25, 0.3) is 22.3 Å². The van der Waals surface area contributed by atoms with Crippen molar-refractivity contribution in [2.45, 2.75) is 38.6 Å². The second kappa shape index (κ2) is 8.43. The van der Waals surface area contributed by atoms with Crippen LogP contribution in [0, 0.1) is 5.92 Å². The van der Waals surface area contributed by atoms with E-state index in [1.54, 1.807) is 0 Å². The van der Waals surface area contributed by atoms with Crippen LogP contribution in [0.5, 0.6) is 5.75 Å². The Labute approximate surface area is 167 Å². The van der Waals surface area contributed by atoms with E-state index in [-0.39, 0.29) is 0 Å². The fourth-order valence-corrected chi connectivity index (χ4v) is 4.03. The van der Waals surface area contributed by atoms with E-state index >= 15 is 0 Å². The Morgan fingerprint density at radius 1 is 0.750 bits per heavy atom. The highest BCUT2D eigenvalue weighted by atomic mass is 16.3. The van der Waals surface area contributed by atoms with Gasteiger partial charge < -0.3 is 5.11 Å². The van der Waals surface area contributed by atoms with Crippen molar-refractivity contribution in [3.05, 3.63) is 78.4 Å². The molecule has 0 radical (unpaired) electrons. The van der Waals surface area contributed by atoms with Crippen molar-refractivity contribution in [3.8, 4) is 28.0 Å². The Hall–Kier alpha value is -2.87. The molecule has 0 amide bonds. The zero-order valence-corrected chi connectivity index (χ0v) is 16.4. The van der Waals surface area contributed by atoms with Crippen LogP contribution < -0.4 is 0 Å². The summed E-state index contributed by atoms with van der Waals surface area (Å²) in [6.45, 7) is 2.32. The van der Waals surface area contributed by atoms with Crippen molar-refractivity contribution in [3.63, 3.8) is 0 Å². The molecule has 142 valence electrons. The maximum atomic E-state index is 11.2. The van der Waals surface area contributed by atoms with Crippen LogP contribution in [0.15, 0.2) is 77.8 Å². The van der Waals surface area contributed by atoms with Crippen molar-refractivity contribution in [2.75, 3.05) is 0 Å². The number of hydrogen-bond acceptors (Lipinski definition) is 2. The summed E-state index contributed by atoms with van der Waals surface area (Å²) in [5.74, 6) is 1.11. The predicted molar refractivity (Wildman–Crippen MR) is 118 cm³/mol. The average molecular weight is 370 g/mol.